The highest BCUT2D eigenvalue weighted by atomic mass is 35.5. The zero-order valence-electron chi connectivity index (χ0n) is 18.0. The molecule has 1 aromatic carbocycles. The van der Waals surface area contributed by atoms with Crippen molar-refractivity contribution in [3.63, 3.8) is 0 Å². The lowest BCUT2D eigenvalue weighted by Crippen LogP contribution is -2.29. The molecule has 0 aliphatic heterocycles. The number of rotatable bonds is 9. The Bertz CT molecular complexity index is 1120. The topological polar surface area (TPSA) is 101 Å². The third-order valence-corrected chi connectivity index (χ3v) is 6.07. The monoisotopic (exact) mass is 473 g/mol. The molecular formula is C23H24ClN3O4S. The van der Waals surface area contributed by atoms with E-state index in [1.807, 2.05) is 18.2 Å². The van der Waals surface area contributed by atoms with E-state index in [0.717, 1.165) is 11.1 Å². The lowest BCUT2D eigenvalue weighted by Gasteiger charge is -2.16. The molecule has 0 aliphatic rings. The smallest absolute Gasteiger partial charge is 0.333 e. The maximum Gasteiger partial charge on any atom is 0.333 e. The highest BCUT2D eigenvalue weighted by Gasteiger charge is 2.21. The van der Waals surface area contributed by atoms with Gasteiger partial charge in [-0.25, -0.2) is 9.78 Å². The fourth-order valence-electron chi connectivity index (χ4n) is 3.10. The summed E-state index contributed by atoms with van der Waals surface area (Å²) >= 11 is 7.53. The Morgan fingerprint density at radius 2 is 2.00 bits per heavy atom. The van der Waals surface area contributed by atoms with Crippen molar-refractivity contribution in [2.45, 2.75) is 45.9 Å². The zero-order valence-corrected chi connectivity index (χ0v) is 19.5. The molecule has 0 saturated heterocycles. The summed E-state index contributed by atoms with van der Waals surface area (Å²) in [6, 6.07) is 10.9. The van der Waals surface area contributed by atoms with Crippen LogP contribution in [-0.4, -0.2) is 39.2 Å². The van der Waals surface area contributed by atoms with Crippen LogP contribution in [0, 0.1) is 6.92 Å². The summed E-state index contributed by atoms with van der Waals surface area (Å²) in [6.07, 6.45) is 0.669. The van der Waals surface area contributed by atoms with Crippen molar-refractivity contribution >= 4 is 34.8 Å². The highest BCUT2D eigenvalue weighted by Crippen LogP contribution is 2.32. The quantitative estimate of drug-likeness (QED) is 0.474. The molecule has 1 unspecified atom stereocenters. The number of aryl methyl sites for hydroxylation is 1. The summed E-state index contributed by atoms with van der Waals surface area (Å²) in [5.74, 6) is -1.27. The number of carbonyl (C=O) groups is 2. The molecule has 2 heterocycles. The number of hydrogen-bond donors (Lipinski definition) is 2. The van der Waals surface area contributed by atoms with Gasteiger partial charge in [-0.1, -0.05) is 29.8 Å². The fourth-order valence-corrected chi connectivity index (χ4v) is 4.40. The number of nitrogens with one attached hydrogen (secondary N) is 1. The Kier molecular flexibility index (Phi) is 7.95. The summed E-state index contributed by atoms with van der Waals surface area (Å²) in [5, 5.41) is 13.5. The molecule has 0 spiro atoms. The number of aliphatic carboxylic acids is 1. The maximum absolute atomic E-state index is 12.7. The van der Waals surface area contributed by atoms with E-state index in [9.17, 15) is 14.7 Å². The van der Waals surface area contributed by atoms with Gasteiger partial charge in [-0.2, -0.15) is 0 Å². The SMILES string of the molecule is Cc1nc(-c2ccccc2Cl)sc1C(=O)NCc1cc(CC(OC(C)C)C(=O)O)ccn1. The molecule has 168 valence electrons. The van der Waals surface area contributed by atoms with Crippen molar-refractivity contribution < 1.29 is 19.4 Å². The Morgan fingerprint density at radius 3 is 2.69 bits per heavy atom. The van der Waals surface area contributed by atoms with Crippen LogP contribution in [0.5, 0.6) is 0 Å². The molecule has 7 nitrogen and oxygen atoms in total. The van der Waals surface area contributed by atoms with Crippen molar-refractivity contribution in [1.82, 2.24) is 15.3 Å². The summed E-state index contributed by atoms with van der Waals surface area (Å²) in [4.78, 5) is 33.5. The Hall–Kier alpha value is -2.81. The molecule has 1 atom stereocenters. The van der Waals surface area contributed by atoms with Crippen LogP contribution < -0.4 is 5.32 Å². The molecule has 32 heavy (non-hydrogen) atoms. The van der Waals surface area contributed by atoms with Gasteiger partial charge in [-0.3, -0.25) is 9.78 Å². The van der Waals surface area contributed by atoms with Gasteiger partial charge in [-0.15, -0.1) is 11.3 Å². The van der Waals surface area contributed by atoms with E-state index in [2.05, 4.69) is 15.3 Å². The number of nitrogens with zero attached hydrogens (tertiary/aromatic N) is 2. The minimum absolute atomic E-state index is 0.199. The third kappa shape index (κ3) is 6.12. The summed E-state index contributed by atoms with van der Waals surface area (Å²) < 4.78 is 5.47. The molecular weight excluding hydrogens is 450 g/mol. The third-order valence-electron chi connectivity index (χ3n) is 4.55. The van der Waals surface area contributed by atoms with Crippen LogP contribution in [0.1, 0.15) is 40.5 Å². The first-order valence-electron chi connectivity index (χ1n) is 10.1. The van der Waals surface area contributed by atoms with Crippen molar-refractivity contribution in [2.24, 2.45) is 0 Å². The molecule has 9 heteroatoms. The van der Waals surface area contributed by atoms with Crippen molar-refractivity contribution in [3.05, 3.63) is 69.4 Å². The second-order valence-corrected chi connectivity index (χ2v) is 8.87. The first-order valence-corrected chi connectivity index (χ1v) is 11.3. The van der Waals surface area contributed by atoms with Gasteiger partial charge in [0, 0.05) is 18.2 Å². The van der Waals surface area contributed by atoms with Gasteiger partial charge < -0.3 is 15.2 Å². The molecule has 0 aliphatic carbocycles. The molecule has 0 fully saturated rings. The lowest BCUT2D eigenvalue weighted by atomic mass is 10.1. The number of carboxylic acid groups (broad SMARTS) is 1. The normalized spacial score (nSPS) is 12.0. The summed E-state index contributed by atoms with van der Waals surface area (Å²) in [6.45, 7) is 5.57. The number of thiazole rings is 1. The first kappa shape index (κ1) is 23.8. The number of ether oxygens (including phenoxy) is 1. The van der Waals surface area contributed by atoms with Crippen LogP contribution in [0.3, 0.4) is 0 Å². The van der Waals surface area contributed by atoms with E-state index in [4.69, 9.17) is 16.3 Å². The minimum Gasteiger partial charge on any atom is -0.479 e. The minimum atomic E-state index is -1.01. The number of halogens is 1. The number of aromatic nitrogens is 2. The molecule has 2 N–H and O–H groups in total. The van der Waals surface area contributed by atoms with Crippen LogP contribution >= 0.6 is 22.9 Å². The maximum atomic E-state index is 12.7. The summed E-state index contributed by atoms with van der Waals surface area (Å²) in [5.41, 5.74) is 2.80. The van der Waals surface area contributed by atoms with Gasteiger partial charge in [0.15, 0.2) is 6.10 Å². The highest BCUT2D eigenvalue weighted by molar-refractivity contribution is 7.17. The number of carboxylic acids is 1. The van der Waals surface area contributed by atoms with Crippen LogP contribution in [0.15, 0.2) is 42.6 Å². The van der Waals surface area contributed by atoms with Crippen LogP contribution in [0.2, 0.25) is 5.02 Å². The van der Waals surface area contributed by atoms with Gasteiger partial charge in [0.25, 0.3) is 5.91 Å². The average molecular weight is 474 g/mol. The summed E-state index contributed by atoms with van der Waals surface area (Å²) in [7, 11) is 0. The number of pyridine rings is 1. The van der Waals surface area contributed by atoms with Gasteiger partial charge in [0.05, 0.1) is 29.1 Å². The van der Waals surface area contributed by atoms with E-state index in [-0.39, 0.29) is 25.0 Å². The molecule has 0 radical (unpaired) electrons. The molecule has 2 aromatic heterocycles. The Balaban J connectivity index is 1.67. The fraction of sp³-hybridized carbons (Fsp3) is 0.304. The van der Waals surface area contributed by atoms with Crippen molar-refractivity contribution in [2.75, 3.05) is 0 Å². The standard InChI is InChI=1S/C23H24ClN3O4S/c1-13(2)31-19(23(29)30)11-15-8-9-25-16(10-15)12-26-21(28)20-14(3)27-22(32-20)17-6-4-5-7-18(17)24/h4-10,13,19H,11-12H2,1-3H3,(H,26,28)(H,29,30). The van der Waals surface area contributed by atoms with Crippen LogP contribution in [0.4, 0.5) is 0 Å². The largest absolute Gasteiger partial charge is 0.479 e. The van der Waals surface area contributed by atoms with E-state index in [1.165, 1.54) is 11.3 Å². The van der Waals surface area contributed by atoms with E-state index in [1.54, 1.807) is 45.2 Å². The van der Waals surface area contributed by atoms with E-state index >= 15 is 0 Å². The Morgan fingerprint density at radius 1 is 1.25 bits per heavy atom. The predicted octanol–water partition coefficient (Wildman–Crippen LogP) is 4.52. The van der Waals surface area contributed by atoms with E-state index in [0.29, 0.717) is 26.3 Å². The Labute approximate surface area is 195 Å². The predicted molar refractivity (Wildman–Crippen MR) is 124 cm³/mol. The molecule has 0 bridgehead atoms. The second kappa shape index (κ2) is 10.7. The van der Waals surface area contributed by atoms with Crippen LogP contribution in [0.25, 0.3) is 10.6 Å². The first-order chi connectivity index (χ1) is 15.2. The number of benzene rings is 1. The van der Waals surface area contributed by atoms with Gasteiger partial charge in [0.2, 0.25) is 0 Å². The average Bonchev–Trinajstić information content (AvgIpc) is 3.13. The number of hydrogen-bond acceptors (Lipinski definition) is 6. The lowest BCUT2D eigenvalue weighted by molar-refractivity contribution is -0.153. The molecule has 1 amide bonds. The van der Waals surface area contributed by atoms with Crippen molar-refractivity contribution in [1.29, 1.82) is 0 Å². The number of amides is 1. The molecule has 3 aromatic rings. The van der Waals surface area contributed by atoms with Crippen molar-refractivity contribution in [3.8, 4) is 10.6 Å². The van der Waals surface area contributed by atoms with Crippen LogP contribution in [-0.2, 0) is 22.5 Å². The van der Waals surface area contributed by atoms with Gasteiger partial charge >= 0.3 is 5.97 Å². The van der Waals surface area contributed by atoms with E-state index < -0.39 is 12.1 Å². The molecule has 3 rings (SSSR count). The van der Waals surface area contributed by atoms with Gasteiger partial charge in [-0.05, 0) is 44.5 Å². The second-order valence-electron chi connectivity index (χ2n) is 7.47. The van der Waals surface area contributed by atoms with Gasteiger partial charge in [0.1, 0.15) is 9.88 Å². The number of carbonyl (C=O) groups excluding carboxylic acids is 1. The zero-order chi connectivity index (χ0) is 23.3. The molecule has 0 saturated carbocycles.